The Balaban J connectivity index is 2.28. The molecule has 3 nitrogen and oxygen atoms in total. The number of nitrogens with zero attached hydrogens (tertiary/aromatic N) is 2. The van der Waals surface area contributed by atoms with Gasteiger partial charge in [0.2, 0.25) is 0 Å². The fourth-order valence-electron chi connectivity index (χ4n) is 1.78. The minimum Gasteiger partial charge on any atom is -0.370 e. The topological polar surface area (TPSA) is 41.6 Å². The fraction of sp³-hybridized carbons (Fsp3) is 0.364. The van der Waals surface area contributed by atoms with E-state index in [1.165, 1.54) is 6.07 Å². The number of guanidine groups is 1. The van der Waals surface area contributed by atoms with Crippen LogP contribution in [0, 0.1) is 12.7 Å². The van der Waals surface area contributed by atoms with E-state index in [0.29, 0.717) is 18.1 Å². The van der Waals surface area contributed by atoms with Crippen LogP contribution in [0.1, 0.15) is 17.2 Å². The van der Waals surface area contributed by atoms with Gasteiger partial charge in [-0.3, -0.25) is 4.99 Å². The molecule has 0 radical (unpaired) electrons. The molecule has 1 aromatic carbocycles. The summed E-state index contributed by atoms with van der Waals surface area (Å²) in [6.07, 6.45) is 0. The van der Waals surface area contributed by atoms with Crippen molar-refractivity contribution in [2.75, 3.05) is 13.6 Å². The van der Waals surface area contributed by atoms with Crippen LogP contribution >= 0.6 is 0 Å². The second-order valence-corrected chi connectivity index (χ2v) is 3.83. The van der Waals surface area contributed by atoms with E-state index >= 15 is 0 Å². The minimum absolute atomic E-state index is 0.143. The molecule has 0 aliphatic carbocycles. The second kappa shape index (κ2) is 3.53. The molecule has 0 saturated carbocycles. The molecule has 80 valence electrons. The average Bonchev–Trinajstić information content (AvgIpc) is 2.53. The number of aryl methyl sites for hydroxylation is 1. The molecule has 0 bridgehead atoms. The number of hydrogen-bond acceptors (Lipinski definition) is 3. The molecule has 0 saturated heterocycles. The molecule has 4 heteroatoms. The van der Waals surface area contributed by atoms with Crippen molar-refractivity contribution < 1.29 is 4.39 Å². The summed E-state index contributed by atoms with van der Waals surface area (Å²) in [5.41, 5.74) is 7.39. The lowest BCUT2D eigenvalue weighted by molar-refractivity contribution is 0.413. The van der Waals surface area contributed by atoms with Crippen molar-refractivity contribution in [3.63, 3.8) is 0 Å². The molecule has 0 aromatic heterocycles. The van der Waals surface area contributed by atoms with Gasteiger partial charge in [0, 0.05) is 7.05 Å². The van der Waals surface area contributed by atoms with E-state index in [-0.39, 0.29) is 11.9 Å². The zero-order chi connectivity index (χ0) is 11.0. The first-order chi connectivity index (χ1) is 7.09. The Kier molecular flexibility index (Phi) is 2.34. The summed E-state index contributed by atoms with van der Waals surface area (Å²) in [5, 5.41) is 0. The molecule has 1 unspecified atom stereocenters. The van der Waals surface area contributed by atoms with E-state index in [0.717, 1.165) is 5.56 Å². The predicted molar refractivity (Wildman–Crippen MR) is 58.1 cm³/mol. The molecule has 0 fully saturated rings. The number of likely N-dealkylation sites (N-methyl/N-ethyl adjacent to an activating group) is 1. The van der Waals surface area contributed by atoms with Crippen LogP contribution in [0.3, 0.4) is 0 Å². The van der Waals surface area contributed by atoms with Gasteiger partial charge < -0.3 is 10.6 Å². The number of benzene rings is 1. The molecule has 2 rings (SSSR count). The van der Waals surface area contributed by atoms with Crippen molar-refractivity contribution in [1.82, 2.24) is 4.90 Å². The largest absolute Gasteiger partial charge is 0.370 e. The van der Waals surface area contributed by atoms with Gasteiger partial charge in [-0.25, -0.2) is 4.39 Å². The van der Waals surface area contributed by atoms with Crippen LogP contribution in [0.2, 0.25) is 0 Å². The predicted octanol–water partition coefficient (Wildman–Crippen LogP) is 1.44. The van der Waals surface area contributed by atoms with Gasteiger partial charge >= 0.3 is 0 Å². The second-order valence-electron chi connectivity index (χ2n) is 3.83. The van der Waals surface area contributed by atoms with Crippen LogP contribution in [0.15, 0.2) is 23.2 Å². The smallest absolute Gasteiger partial charge is 0.191 e. The first-order valence-electron chi connectivity index (χ1n) is 4.88. The maximum absolute atomic E-state index is 13.1. The maximum atomic E-state index is 13.1. The van der Waals surface area contributed by atoms with Crippen molar-refractivity contribution >= 4 is 5.96 Å². The van der Waals surface area contributed by atoms with E-state index in [4.69, 9.17) is 5.73 Å². The molecule has 1 heterocycles. The van der Waals surface area contributed by atoms with Gasteiger partial charge in [-0.05, 0) is 24.1 Å². The molecule has 2 N–H and O–H groups in total. The summed E-state index contributed by atoms with van der Waals surface area (Å²) < 4.78 is 13.1. The van der Waals surface area contributed by atoms with Crippen LogP contribution in [0.5, 0.6) is 0 Å². The lowest BCUT2D eigenvalue weighted by Gasteiger charge is -2.21. The van der Waals surface area contributed by atoms with Gasteiger partial charge in [-0.1, -0.05) is 12.1 Å². The monoisotopic (exact) mass is 207 g/mol. The Morgan fingerprint density at radius 3 is 2.80 bits per heavy atom. The van der Waals surface area contributed by atoms with Gasteiger partial charge in [0.15, 0.2) is 5.96 Å². The molecule has 1 aliphatic rings. The van der Waals surface area contributed by atoms with Crippen molar-refractivity contribution in [1.29, 1.82) is 0 Å². The van der Waals surface area contributed by atoms with Crippen molar-refractivity contribution in [2.24, 2.45) is 10.7 Å². The molecule has 1 atom stereocenters. The van der Waals surface area contributed by atoms with E-state index in [9.17, 15) is 4.39 Å². The van der Waals surface area contributed by atoms with Crippen LogP contribution in [-0.2, 0) is 0 Å². The van der Waals surface area contributed by atoms with Gasteiger partial charge in [0.25, 0.3) is 0 Å². The standard InChI is InChI=1S/C11H14FN3/c1-7-5-8(3-4-9(7)12)10-6-14-11(13)15(10)2/h3-5,10H,6H2,1-2H3,(H2,13,14). The fourth-order valence-corrected chi connectivity index (χ4v) is 1.78. The van der Waals surface area contributed by atoms with Gasteiger partial charge in [-0.15, -0.1) is 0 Å². The zero-order valence-corrected chi connectivity index (χ0v) is 8.87. The number of hydrogen-bond donors (Lipinski definition) is 1. The number of halogens is 1. The molecule has 0 amide bonds. The molecular weight excluding hydrogens is 193 g/mol. The van der Waals surface area contributed by atoms with Crippen LogP contribution in [0.4, 0.5) is 4.39 Å². The number of rotatable bonds is 1. The highest BCUT2D eigenvalue weighted by Gasteiger charge is 2.24. The highest BCUT2D eigenvalue weighted by molar-refractivity contribution is 5.80. The first kappa shape index (κ1) is 9.96. The lowest BCUT2D eigenvalue weighted by Crippen LogP contribution is -2.32. The lowest BCUT2D eigenvalue weighted by atomic mass is 10.0. The summed E-state index contributed by atoms with van der Waals surface area (Å²) in [7, 11) is 1.90. The van der Waals surface area contributed by atoms with Crippen LogP contribution in [0.25, 0.3) is 0 Å². The van der Waals surface area contributed by atoms with Crippen molar-refractivity contribution in [3.05, 3.63) is 35.1 Å². The van der Waals surface area contributed by atoms with Crippen LogP contribution < -0.4 is 5.73 Å². The Labute approximate surface area is 88.4 Å². The average molecular weight is 207 g/mol. The minimum atomic E-state index is -0.173. The third-order valence-electron chi connectivity index (χ3n) is 2.82. The summed E-state index contributed by atoms with van der Waals surface area (Å²) in [4.78, 5) is 6.06. The molecule has 0 spiro atoms. The SMILES string of the molecule is Cc1cc(C2CN=C(N)N2C)ccc1F. The van der Waals surface area contributed by atoms with Gasteiger partial charge in [-0.2, -0.15) is 0 Å². The normalized spacial score (nSPS) is 20.6. The zero-order valence-electron chi connectivity index (χ0n) is 8.87. The van der Waals surface area contributed by atoms with E-state index in [1.54, 1.807) is 13.0 Å². The first-order valence-corrected chi connectivity index (χ1v) is 4.88. The third kappa shape index (κ3) is 1.67. The Morgan fingerprint density at radius 1 is 1.53 bits per heavy atom. The molecular formula is C11H14FN3. The van der Waals surface area contributed by atoms with E-state index in [1.807, 2.05) is 18.0 Å². The number of aliphatic imine (C=N–C) groups is 1. The van der Waals surface area contributed by atoms with Gasteiger partial charge in [0.05, 0.1) is 12.6 Å². The van der Waals surface area contributed by atoms with Gasteiger partial charge in [0.1, 0.15) is 5.82 Å². The molecule has 1 aliphatic heterocycles. The summed E-state index contributed by atoms with van der Waals surface area (Å²) in [6.45, 7) is 2.41. The quantitative estimate of drug-likeness (QED) is 0.757. The summed E-state index contributed by atoms with van der Waals surface area (Å²) in [5.74, 6) is 0.371. The van der Waals surface area contributed by atoms with Crippen LogP contribution in [-0.4, -0.2) is 24.5 Å². The van der Waals surface area contributed by atoms with Crippen molar-refractivity contribution in [3.8, 4) is 0 Å². The number of nitrogens with two attached hydrogens (primary N) is 1. The molecule has 1 aromatic rings. The van der Waals surface area contributed by atoms with E-state index in [2.05, 4.69) is 4.99 Å². The van der Waals surface area contributed by atoms with E-state index < -0.39 is 0 Å². The maximum Gasteiger partial charge on any atom is 0.191 e. The highest BCUT2D eigenvalue weighted by Crippen LogP contribution is 2.25. The summed E-state index contributed by atoms with van der Waals surface area (Å²) >= 11 is 0. The Bertz CT molecular complexity index is 414. The third-order valence-corrected chi connectivity index (χ3v) is 2.82. The van der Waals surface area contributed by atoms with Crippen molar-refractivity contribution in [2.45, 2.75) is 13.0 Å². The highest BCUT2D eigenvalue weighted by atomic mass is 19.1. The Morgan fingerprint density at radius 2 is 2.27 bits per heavy atom. The Hall–Kier alpha value is -1.58. The summed E-state index contributed by atoms with van der Waals surface area (Å²) in [6, 6.07) is 5.28. The molecule has 15 heavy (non-hydrogen) atoms.